The van der Waals surface area contributed by atoms with Gasteiger partial charge < -0.3 is 0 Å². The van der Waals surface area contributed by atoms with Crippen LogP contribution in [-0.4, -0.2) is 0 Å². The highest BCUT2D eigenvalue weighted by Gasteiger charge is 2.37. The second-order valence-corrected chi connectivity index (χ2v) is 5.01. The molecule has 2 nitrogen and oxygen atoms in total. The highest BCUT2D eigenvalue weighted by atomic mass is 19.1. The van der Waals surface area contributed by atoms with Gasteiger partial charge in [-0.05, 0) is 36.0 Å². The minimum absolute atomic E-state index is 0.121. The lowest BCUT2D eigenvalue weighted by Gasteiger charge is -2.34. The quantitative estimate of drug-likeness (QED) is 0.609. The Hall–Kier alpha value is -0.930. The van der Waals surface area contributed by atoms with Crippen LogP contribution >= 0.6 is 0 Å². The summed E-state index contributed by atoms with van der Waals surface area (Å²) in [6, 6.07) is 6.76. The molecule has 3 heteroatoms. The minimum atomic E-state index is -0.198. The van der Waals surface area contributed by atoms with Gasteiger partial charge in [0.2, 0.25) is 0 Å². The molecular formula is C13H19FN2. The standard InChI is InChI=1S/C13H19FN2/c1-13(8-2-3-9-13)12(16-15)10-4-6-11(14)7-5-10/h4-7,12,16H,2-3,8-9,15H2,1H3. The largest absolute Gasteiger partial charge is 0.271 e. The molecule has 1 aliphatic rings. The molecular weight excluding hydrogens is 203 g/mol. The molecule has 1 unspecified atom stereocenters. The van der Waals surface area contributed by atoms with E-state index in [4.69, 9.17) is 5.84 Å². The molecule has 0 amide bonds. The first-order valence-electron chi connectivity index (χ1n) is 5.87. The fourth-order valence-corrected chi connectivity index (χ4v) is 2.83. The summed E-state index contributed by atoms with van der Waals surface area (Å²) in [5, 5.41) is 0. The highest BCUT2D eigenvalue weighted by Crippen LogP contribution is 2.46. The zero-order valence-corrected chi connectivity index (χ0v) is 9.67. The fourth-order valence-electron chi connectivity index (χ4n) is 2.83. The van der Waals surface area contributed by atoms with E-state index in [0.29, 0.717) is 0 Å². The van der Waals surface area contributed by atoms with Crippen LogP contribution in [0.3, 0.4) is 0 Å². The summed E-state index contributed by atoms with van der Waals surface area (Å²) in [6.07, 6.45) is 4.88. The van der Waals surface area contributed by atoms with E-state index < -0.39 is 0 Å². The van der Waals surface area contributed by atoms with Crippen molar-refractivity contribution in [2.45, 2.75) is 38.6 Å². The maximum Gasteiger partial charge on any atom is 0.123 e. The maximum absolute atomic E-state index is 12.9. The lowest BCUT2D eigenvalue weighted by Crippen LogP contribution is -2.38. The SMILES string of the molecule is CC1(C(NN)c2ccc(F)cc2)CCCC1. The van der Waals surface area contributed by atoms with Crippen LogP contribution in [0.1, 0.15) is 44.2 Å². The van der Waals surface area contributed by atoms with E-state index in [1.807, 2.05) is 12.1 Å². The Bertz CT molecular complexity index is 341. The Balaban J connectivity index is 2.25. The monoisotopic (exact) mass is 222 g/mol. The second kappa shape index (κ2) is 4.52. The number of halogens is 1. The van der Waals surface area contributed by atoms with Crippen LogP contribution in [0, 0.1) is 11.2 Å². The van der Waals surface area contributed by atoms with Crippen molar-refractivity contribution in [2.75, 3.05) is 0 Å². The van der Waals surface area contributed by atoms with E-state index in [2.05, 4.69) is 12.3 Å². The molecule has 0 saturated heterocycles. The van der Waals surface area contributed by atoms with Crippen molar-refractivity contribution in [3.05, 3.63) is 35.6 Å². The molecule has 0 aromatic heterocycles. The summed E-state index contributed by atoms with van der Waals surface area (Å²) in [4.78, 5) is 0. The predicted octanol–water partition coefficient (Wildman–Crippen LogP) is 2.91. The summed E-state index contributed by atoms with van der Waals surface area (Å²) in [5.74, 6) is 5.47. The van der Waals surface area contributed by atoms with Crippen LogP contribution in [0.4, 0.5) is 4.39 Å². The van der Waals surface area contributed by atoms with Gasteiger partial charge in [-0.25, -0.2) is 4.39 Å². The van der Waals surface area contributed by atoms with Gasteiger partial charge >= 0.3 is 0 Å². The van der Waals surface area contributed by atoms with Gasteiger partial charge in [-0.1, -0.05) is 31.9 Å². The molecule has 2 rings (SSSR count). The Morgan fingerprint density at radius 1 is 1.25 bits per heavy atom. The lowest BCUT2D eigenvalue weighted by atomic mass is 9.77. The molecule has 0 heterocycles. The van der Waals surface area contributed by atoms with Crippen LogP contribution in [0.5, 0.6) is 0 Å². The van der Waals surface area contributed by atoms with E-state index in [9.17, 15) is 4.39 Å². The average Bonchev–Trinajstić information content (AvgIpc) is 2.70. The van der Waals surface area contributed by atoms with Gasteiger partial charge in [-0.3, -0.25) is 11.3 Å². The third kappa shape index (κ3) is 2.11. The average molecular weight is 222 g/mol. The molecule has 0 aliphatic heterocycles. The maximum atomic E-state index is 12.9. The number of hydrogen-bond donors (Lipinski definition) is 2. The zero-order valence-electron chi connectivity index (χ0n) is 9.67. The predicted molar refractivity (Wildman–Crippen MR) is 63.0 cm³/mol. The molecule has 3 N–H and O–H groups in total. The molecule has 1 aliphatic carbocycles. The molecule has 88 valence electrons. The van der Waals surface area contributed by atoms with Gasteiger partial charge in [-0.15, -0.1) is 0 Å². The van der Waals surface area contributed by atoms with Crippen LogP contribution in [-0.2, 0) is 0 Å². The third-order valence-corrected chi connectivity index (χ3v) is 3.81. The molecule has 16 heavy (non-hydrogen) atoms. The van der Waals surface area contributed by atoms with E-state index in [-0.39, 0.29) is 17.3 Å². The van der Waals surface area contributed by atoms with Gasteiger partial charge in [0.15, 0.2) is 0 Å². The van der Waals surface area contributed by atoms with Crippen molar-refractivity contribution in [1.29, 1.82) is 0 Å². The Labute approximate surface area is 96.0 Å². The Morgan fingerprint density at radius 2 is 1.81 bits per heavy atom. The summed E-state index contributed by atoms with van der Waals surface area (Å²) in [5.41, 5.74) is 4.18. The van der Waals surface area contributed by atoms with E-state index >= 15 is 0 Å². The molecule has 0 bridgehead atoms. The number of hydrogen-bond acceptors (Lipinski definition) is 2. The number of nitrogens with two attached hydrogens (primary N) is 1. The highest BCUT2D eigenvalue weighted by molar-refractivity contribution is 5.22. The number of benzene rings is 1. The van der Waals surface area contributed by atoms with Crippen molar-refractivity contribution < 1.29 is 4.39 Å². The topological polar surface area (TPSA) is 38.0 Å². The van der Waals surface area contributed by atoms with E-state index in [1.54, 1.807) is 0 Å². The molecule has 1 fully saturated rings. The van der Waals surface area contributed by atoms with E-state index in [0.717, 1.165) is 5.56 Å². The van der Waals surface area contributed by atoms with Gasteiger partial charge in [0.1, 0.15) is 5.82 Å². The van der Waals surface area contributed by atoms with Crippen LogP contribution < -0.4 is 11.3 Å². The molecule has 0 spiro atoms. The smallest absolute Gasteiger partial charge is 0.123 e. The van der Waals surface area contributed by atoms with Gasteiger partial charge in [-0.2, -0.15) is 0 Å². The van der Waals surface area contributed by atoms with Crippen LogP contribution in [0.2, 0.25) is 0 Å². The van der Waals surface area contributed by atoms with Gasteiger partial charge in [0.25, 0.3) is 0 Å². The van der Waals surface area contributed by atoms with Crippen molar-refractivity contribution in [2.24, 2.45) is 11.3 Å². The normalized spacial score (nSPS) is 20.9. The number of hydrazine groups is 1. The van der Waals surface area contributed by atoms with Gasteiger partial charge in [0, 0.05) is 0 Å². The molecule has 1 saturated carbocycles. The Morgan fingerprint density at radius 3 is 2.31 bits per heavy atom. The third-order valence-electron chi connectivity index (χ3n) is 3.81. The number of nitrogens with one attached hydrogen (secondary N) is 1. The van der Waals surface area contributed by atoms with Crippen LogP contribution in [0.15, 0.2) is 24.3 Å². The molecule has 1 atom stereocenters. The van der Waals surface area contributed by atoms with E-state index in [1.165, 1.54) is 37.8 Å². The van der Waals surface area contributed by atoms with Crippen molar-refractivity contribution in [3.63, 3.8) is 0 Å². The minimum Gasteiger partial charge on any atom is -0.271 e. The molecule has 1 aromatic carbocycles. The summed E-state index contributed by atoms with van der Waals surface area (Å²) in [7, 11) is 0. The summed E-state index contributed by atoms with van der Waals surface area (Å²) in [6.45, 7) is 2.26. The first-order valence-corrected chi connectivity index (χ1v) is 5.87. The zero-order chi connectivity index (χ0) is 11.6. The molecule has 0 radical (unpaired) electrons. The Kier molecular flexibility index (Phi) is 3.26. The first-order chi connectivity index (χ1) is 7.65. The first kappa shape index (κ1) is 11.6. The van der Waals surface area contributed by atoms with Crippen molar-refractivity contribution >= 4 is 0 Å². The number of rotatable bonds is 3. The summed E-state index contributed by atoms with van der Waals surface area (Å²) >= 11 is 0. The van der Waals surface area contributed by atoms with Crippen LogP contribution in [0.25, 0.3) is 0 Å². The lowest BCUT2D eigenvalue weighted by molar-refractivity contribution is 0.225. The van der Waals surface area contributed by atoms with Gasteiger partial charge in [0.05, 0.1) is 6.04 Å². The molecule has 1 aromatic rings. The fraction of sp³-hybridized carbons (Fsp3) is 0.538. The summed E-state index contributed by atoms with van der Waals surface area (Å²) < 4.78 is 12.9. The van der Waals surface area contributed by atoms with Crippen molar-refractivity contribution in [1.82, 2.24) is 5.43 Å². The van der Waals surface area contributed by atoms with Crippen molar-refractivity contribution in [3.8, 4) is 0 Å². The second-order valence-electron chi connectivity index (χ2n) is 5.01.